The third-order valence-electron chi connectivity index (χ3n) is 2.93. The maximum absolute atomic E-state index is 5.66. The molecule has 0 aliphatic rings. The van der Waals surface area contributed by atoms with E-state index < -0.39 is 0 Å². The Morgan fingerprint density at radius 3 is 2.56 bits per heavy atom. The molecule has 16 heavy (non-hydrogen) atoms. The van der Waals surface area contributed by atoms with Gasteiger partial charge in [0.05, 0.1) is 12.4 Å². The van der Waals surface area contributed by atoms with Gasteiger partial charge >= 0.3 is 0 Å². The summed E-state index contributed by atoms with van der Waals surface area (Å²) in [5.74, 6) is 1.15. The van der Waals surface area contributed by atoms with E-state index in [1.807, 2.05) is 13.1 Å². The monoisotopic (exact) mass is 223 g/mol. The molecule has 0 bridgehead atoms. The van der Waals surface area contributed by atoms with Crippen molar-refractivity contribution in [3.05, 3.63) is 17.7 Å². The van der Waals surface area contributed by atoms with E-state index >= 15 is 0 Å². The molecule has 0 aliphatic heterocycles. The lowest BCUT2D eigenvalue weighted by Crippen LogP contribution is -2.09. The molecule has 1 rings (SSSR count). The van der Waals surface area contributed by atoms with Crippen LogP contribution in [0.5, 0.6) is 0 Å². The van der Waals surface area contributed by atoms with Gasteiger partial charge in [-0.1, -0.05) is 39.0 Å². The van der Waals surface area contributed by atoms with Crippen LogP contribution >= 0.6 is 0 Å². The van der Waals surface area contributed by atoms with Gasteiger partial charge in [-0.25, -0.2) is 4.98 Å². The van der Waals surface area contributed by atoms with Crippen LogP contribution in [0.15, 0.2) is 6.20 Å². The molecule has 2 N–H and O–H groups in total. The molecule has 0 atom stereocenters. The average molecular weight is 223 g/mol. The Balaban J connectivity index is 2.21. The van der Waals surface area contributed by atoms with E-state index in [1.54, 1.807) is 0 Å². The van der Waals surface area contributed by atoms with E-state index in [4.69, 9.17) is 5.73 Å². The Kier molecular flexibility index (Phi) is 6.16. The van der Waals surface area contributed by atoms with Crippen LogP contribution in [0.1, 0.15) is 57.0 Å². The molecule has 0 saturated heterocycles. The summed E-state index contributed by atoms with van der Waals surface area (Å²) >= 11 is 0. The molecule has 1 aromatic rings. The van der Waals surface area contributed by atoms with E-state index in [0.29, 0.717) is 6.67 Å². The second kappa shape index (κ2) is 7.44. The highest BCUT2D eigenvalue weighted by Gasteiger charge is 2.03. The smallest absolute Gasteiger partial charge is 0.110 e. The van der Waals surface area contributed by atoms with Gasteiger partial charge in [-0.15, -0.1) is 0 Å². The Morgan fingerprint density at radius 2 is 1.88 bits per heavy atom. The van der Waals surface area contributed by atoms with Gasteiger partial charge in [-0.2, -0.15) is 0 Å². The minimum atomic E-state index is 0.548. The maximum Gasteiger partial charge on any atom is 0.110 e. The lowest BCUT2D eigenvalue weighted by molar-refractivity contribution is 0.585. The number of imidazole rings is 1. The molecule has 92 valence electrons. The second-order valence-corrected chi connectivity index (χ2v) is 4.47. The molecule has 0 amide bonds. The van der Waals surface area contributed by atoms with Crippen LogP contribution in [-0.2, 0) is 13.1 Å². The van der Waals surface area contributed by atoms with Gasteiger partial charge in [0.15, 0.2) is 0 Å². The molecular formula is C13H25N3. The minimum Gasteiger partial charge on any atom is -0.322 e. The summed E-state index contributed by atoms with van der Waals surface area (Å²) in [4.78, 5) is 4.50. The molecule has 1 heterocycles. The second-order valence-electron chi connectivity index (χ2n) is 4.47. The van der Waals surface area contributed by atoms with E-state index in [1.165, 1.54) is 38.5 Å². The first-order valence-electron chi connectivity index (χ1n) is 6.50. The zero-order valence-electron chi connectivity index (χ0n) is 10.7. The third kappa shape index (κ3) is 4.35. The number of nitrogens with two attached hydrogens (primary N) is 1. The first-order chi connectivity index (χ1) is 7.77. The van der Waals surface area contributed by atoms with Gasteiger partial charge in [0.1, 0.15) is 5.82 Å². The molecule has 1 aromatic heterocycles. The van der Waals surface area contributed by atoms with Crippen molar-refractivity contribution < 1.29 is 0 Å². The van der Waals surface area contributed by atoms with Crippen LogP contribution in [0, 0.1) is 6.92 Å². The molecule has 0 saturated carbocycles. The number of hydrogen-bond acceptors (Lipinski definition) is 2. The van der Waals surface area contributed by atoms with Crippen LogP contribution in [0.2, 0.25) is 0 Å². The fourth-order valence-electron chi connectivity index (χ4n) is 2.02. The highest BCUT2D eigenvalue weighted by atomic mass is 15.1. The van der Waals surface area contributed by atoms with E-state index in [-0.39, 0.29) is 0 Å². The van der Waals surface area contributed by atoms with Crippen LogP contribution in [0.25, 0.3) is 0 Å². The lowest BCUT2D eigenvalue weighted by Gasteiger charge is -2.04. The van der Waals surface area contributed by atoms with Crippen molar-refractivity contribution >= 4 is 0 Å². The van der Waals surface area contributed by atoms with Crippen LogP contribution in [0.3, 0.4) is 0 Å². The van der Waals surface area contributed by atoms with Crippen molar-refractivity contribution in [1.29, 1.82) is 0 Å². The lowest BCUT2D eigenvalue weighted by atomic mass is 10.1. The number of nitrogens with zero attached hydrogens (tertiary/aromatic N) is 2. The summed E-state index contributed by atoms with van der Waals surface area (Å²) in [7, 11) is 0. The van der Waals surface area contributed by atoms with Crippen molar-refractivity contribution in [1.82, 2.24) is 9.55 Å². The largest absolute Gasteiger partial charge is 0.322 e. The van der Waals surface area contributed by atoms with Crippen LogP contribution in [-0.4, -0.2) is 9.55 Å². The zero-order valence-corrected chi connectivity index (χ0v) is 10.7. The van der Waals surface area contributed by atoms with Crippen molar-refractivity contribution in [2.75, 3.05) is 0 Å². The summed E-state index contributed by atoms with van der Waals surface area (Å²) < 4.78 is 2.06. The highest BCUT2D eigenvalue weighted by Crippen LogP contribution is 2.09. The SMILES string of the molecule is CCCCCCCCc1nc(C)cn1CN. The molecular weight excluding hydrogens is 198 g/mol. The van der Waals surface area contributed by atoms with E-state index in [9.17, 15) is 0 Å². The molecule has 0 spiro atoms. The first-order valence-corrected chi connectivity index (χ1v) is 6.50. The van der Waals surface area contributed by atoms with Gasteiger partial charge in [0.2, 0.25) is 0 Å². The number of aromatic nitrogens is 2. The summed E-state index contributed by atoms with van der Waals surface area (Å²) in [5.41, 5.74) is 6.73. The minimum absolute atomic E-state index is 0.548. The van der Waals surface area contributed by atoms with E-state index in [2.05, 4.69) is 16.5 Å². The van der Waals surface area contributed by atoms with Gasteiger partial charge in [-0.05, 0) is 13.3 Å². The Bertz CT molecular complexity index is 291. The predicted octanol–water partition coefficient (Wildman–Crippen LogP) is 3.01. The molecule has 0 aromatic carbocycles. The molecule has 0 radical (unpaired) electrons. The normalized spacial score (nSPS) is 10.9. The summed E-state index contributed by atoms with van der Waals surface area (Å²) in [6.45, 7) is 4.82. The predicted molar refractivity (Wildman–Crippen MR) is 68.2 cm³/mol. The first kappa shape index (κ1) is 13.2. The standard InChI is InChI=1S/C13H25N3/c1-3-4-5-6-7-8-9-13-15-12(2)10-16(13)11-14/h10H,3-9,11,14H2,1-2H3. The van der Waals surface area contributed by atoms with Crippen LogP contribution in [0.4, 0.5) is 0 Å². The van der Waals surface area contributed by atoms with Crippen molar-refractivity contribution in [2.45, 2.75) is 65.5 Å². The van der Waals surface area contributed by atoms with Crippen molar-refractivity contribution in [3.63, 3.8) is 0 Å². The zero-order chi connectivity index (χ0) is 11.8. The number of unbranched alkanes of at least 4 members (excludes halogenated alkanes) is 5. The molecule has 3 nitrogen and oxygen atoms in total. The number of rotatable bonds is 8. The molecule has 0 aliphatic carbocycles. The summed E-state index contributed by atoms with van der Waals surface area (Å²) in [5, 5.41) is 0. The highest BCUT2D eigenvalue weighted by molar-refractivity contribution is 5.02. The molecule has 0 fully saturated rings. The Labute approximate surface area is 99.1 Å². The molecule has 0 unspecified atom stereocenters. The summed E-state index contributed by atoms with van der Waals surface area (Å²) in [6.07, 6.45) is 11.1. The third-order valence-corrected chi connectivity index (χ3v) is 2.93. The number of hydrogen-bond donors (Lipinski definition) is 1. The van der Waals surface area contributed by atoms with Crippen molar-refractivity contribution in [2.24, 2.45) is 5.73 Å². The fraction of sp³-hybridized carbons (Fsp3) is 0.769. The number of aryl methyl sites for hydroxylation is 2. The van der Waals surface area contributed by atoms with Gasteiger partial charge in [0.25, 0.3) is 0 Å². The molecule has 3 heteroatoms. The topological polar surface area (TPSA) is 43.8 Å². The average Bonchev–Trinajstić information content (AvgIpc) is 2.64. The van der Waals surface area contributed by atoms with Gasteiger partial charge in [-0.3, -0.25) is 0 Å². The maximum atomic E-state index is 5.66. The quantitative estimate of drug-likeness (QED) is 0.688. The van der Waals surface area contributed by atoms with Crippen LogP contribution < -0.4 is 5.73 Å². The van der Waals surface area contributed by atoms with Gasteiger partial charge < -0.3 is 10.3 Å². The van der Waals surface area contributed by atoms with E-state index in [0.717, 1.165) is 17.9 Å². The fourth-order valence-corrected chi connectivity index (χ4v) is 2.02. The van der Waals surface area contributed by atoms with Crippen molar-refractivity contribution in [3.8, 4) is 0 Å². The van der Waals surface area contributed by atoms with Gasteiger partial charge in [0, 0.05) is 12.6 Å². The Morgan fingerprint density at radius 1 is 1.19 bits per heavy atom. The Hall–Kier alpha value is -0.830. The summed E-state index contributed by atoms with van der Waals surface area (Å²) in [6, 6.07) is 0.